The summed E-state index contributed by atoms with van der Waals surface area (Å²) >= 11 is 1.50. The molecule has 24 heavy (non-hydrogen) atoms. The number of fused-ring (bicyclic) bond motifs is 2. The van der Waals surface area contributed by atoms with Gasteiger partial charge in [0.05, 0.1) is 29.2 Å². The van der Waals surface area contributed by atoms with Crippen LogP contribution in [0.1, 0.15) is 28.1 Å². The molecule has 1 saturated heterocycles. The van der Waals surface area contributed by atoms with Crippen molar-refractivity contribution >= 4 is 40.2 Å². The second-order valence-corrected chi connectivity index (χ2v) is 7.32. The fraction of sp³-hybridized carbons (Fsp3) is 0.333. The van der Waals surface area contributed by atoms with Crippen LogP contribution in [0.3, 0.4) is 0 Å². The standard InChI is InChI=1S/C18H19N3O2S/c1-12-17-13(11-24-12)18(23)19-14-6-2-3-7-15(14)21(17)16(22)10-20-8-4-5-9-20/h2-3,6-7,11H,4-5,8-10H2,1H3,(H,19,23). The molecule has 1 aromatic carbocycles. The van der Waals surface area contributed by atoms with Crippen molar-refractivity contribution in [2.75, 3.05) is 29.9 Å². The fourth-order valence-corrected chi connectivity index (χ4v) is 4.26. The predicted molar refractivity (Wildman–Crippen MR) is 96.3 cm³/mol. The second-order valence-electron chi connectivity index (χ2n) is 6.24. The first-order chi connectivity index (χ1) is 11.6. The van der Waals surface area contributed by atoms with Crippen molar-refractivity contribution in [1.29, 1.82) is 0 Å². The van der Waals surface area contributed by atoms with E-state index in [0.717, 1.165) is 42.2 Å². The highest BCUT2D eigenvalue weighted by molar-refractivity contribution is 7.11. The number of likely N-dealkylation sites (tertiary alicyclic amines) is 1. The van der Waals surface area contributed by atoms with E-state index >= 15 is 0 Å². The zero-order valence-corrected chi connectivity index (χ0v) is 14.4. The number of hydrogen-bond donors (Lipinski definition) is 1. The Balaban J connectivity index is 1.81. The average molecular weight is 341 g/mol. The molecule has 0 unspecified atom stereocenters. The summed E-state index contributed by atoms with van der Waals surface area (Å²) in [6.07, 6.45) is 2.29. The molecule has 0 atom stereocenters. The number of amides is 2. The number of carbonyl (C=O) groups is 2. The predicted octanol–water partition coefficient (Wildman–Crippen LogP) is 3.38. The van der Waals surface area contributed by atoms with E-state index in [1.807, 2.05) is 36.6 Å². The summed E-state index contributed by atoms with van der Waals surface area (Å²) in [6, 6.07) is 7.50. The van der Waals surface area contributed by atoms with Crippen LogP contribution in [0, 0.1) is 6.92 Å². The zero-order valence-electron chi connectivity index (χ0n) is 13.5. The Labute approximate surface area is 144 Å². The number of benzene rings is 1. The molecule has 2 aromatic rings. The Morgan fingerprint density at radius 3 is 2.79 bits per heavy atom. The van der Waals surface area contributed by atoms with Crippen LogP contribution in [0.5, 0.6) is 0 Å². The van der Waals surface area contributed by atoms with E-state index in [9.17, 15) is 9.59 Å². The number of aryl methyl sites for hydroxylation is 1. The van der Waals surface area contributed by atoms with Crippen LogP contribution in [0.25, 0.3) is 0 Å². The SMILES string of the molecule is Cc1scc2c1N(C(=O)CN1CCCC1)c1ccccc1NC2=O. The first kappa shape index (κ1) is 15.4. The smallest absolute Gasteiger partial charge is 0.258 e. The summed E-state index contributed by atoms with van der Waals surface area (Å²) in [6.45, 7) is 4.28. The van der Waals surface area contributed by atoms with Crippen molar-refractivity contribution in [3.63, 3.8) is 0 Å². The molecule has 0 bridgehead atoms. The Kier molecular flexibility index (Phi) is 3.86. The molecule has 0 spiro atoms. The van der Waals surface area contributed by atoms with Crippen molar-refractivity contribution in [3.8, 4) is 0 Å². The van der Waals surface area contributed by atoms with Gasteiger partial charge >= 0.3 is 0 Å². The quantitative estimate of drug-likeness (QED) is 0.911. The Morgan fingerprint density at radius 1 is 1.25 bits per heavy atom. The van der Waals surface area contributed by atoms with Gasteiger partial charge in [0.2, 0.25) is 5.91 Å². The van der Waals surface area contributed by atoms with E-state index in [-0.39, 0.29) is 11.8 Å². The highest BCUT2D eigenvalue weighted by Crippen LogP contribution is 2.42. The first-order valence-electron chi connectivity index (χ1n) is 8.19. The van der Waals surface area contributed by atoms with Gasteiger partial charge in [0.15, 0.2) is 0 Å². The number of nitrogens with zero attached hydrogens (tertiary/aromatic N) is 2. The summed E-state index contributed by atoms with van der Waals surface area (Å²) in [5.41, 5.74) is 2.73. The molecule has 2 amide bonds. The summed E-state index contributed by atoms with van der Waals surface area (Å²) in [5.74, 6) is -0.137. The van der Waals surface area contributed by atoms with Gasteiger partial charge in [0.1, 0.15) is 0 Å². The highest BCUT2D eigenvalue weighted by Gasteiger charge is 2.32. The normalized spacial score (nSPS) is 17.2. The van der Waals surface area contributed by atoms with Crippen LogP contribution < -0.4 is 10.2 Å². The lowest BCUT2D eigenvalue weighted by Crippen LogP contribution is -2.37. The second kappa shape index (κ2) is 6.03. The van der Waals surface area contributed by atoms with Crippen molar-refractivity contribution < 1.29 is 9.59 Å². The average Bonchev–Trinajstić information content (AvgIpc) is 3.17. The topological polar surface area (TPSA) is 52.7 Å². The van der Waals surface area contributed by atoms with Crippen molar-refractivity contribution in [2.45, 2.75) is 19.8 Å². The highest BCUT2D eigenvalue weighted by atomic mass is 32.1. The van der Waals surface area contributed by atoms with Gasteiger partial charge in [-0.25, -0.2) is 0 Å². The molecule has 1 aromatic heterocycles. The molecule has 3 heterocycles. The zero-order chi connectivity index (χ0) is 16.7. The third kappa shape index (κ3) is 2.52. The van der Waals surface area contributed by atoms with Crippen molar-refractivity contribution in [1.82, 2.24) is 4.90 Å². The molecular weight excluding hydrogens is 322 g/mol. The van der Waals surface area contributed by atoms with Crippen LogP contribution in [0.2, 0.25) is 0 Å². The van der Waals surface area contributed by atoms with Crippen molar-refractivity contribution in [3.05, 3.63) is 40.1 Å². The van der Waals surface area contributed by atoms with Crippen LogP contribution >= 0.6 is 11.3 Å². The lowest BCUT2D eigenvalue weighted by Gasteiger charge is -2.26. The minimum atomic E-state index is -0.154. The number of anilines is 3. The van der Waals surface area contributed by atoms with Crippen LogP contribution in [-0.2, 0) is 4.79 Å². The number of para-hydroxylation sites is 2. The third-order valence-corrected chi connectivity index (χ3v) is 5.51. The molecule has 2 aliphatic rings. The minimum Gasteiger partial charge on any atom is -0.320 e. The molecule has 5 nitrogen and oxygen atoms in total. The summed E-state index contributed by atoms with van der Waals surface area (Å²) in [4.78, 5) is 30.6. The van der Waals surface area contributed by atoms with Gasteiger partial charge < -0.3 is 5.32 Å². The summed E-state index contributed by atoms with van der Waals surface area (Å²) in [5, 5.41) is 4.77. The van der Waals surface area contributed by atoms with E-state index in [2.05, 4.69) is 10.2 Å². The summed E-state index contributed by atoms with van der Waals surface area (Å²) in [7, 11) is 0. The maximum atomic E-state index is 13.1. The van der Waals surface area contributed by atoms with E-state index in [0.29, 0.717) is 17.8 Å². The molecule has 0 saturated carbocycles. The van der Waals surface area contributed by atoms with Gasteiger partial charge in [-0.05, 0) is 45.0 Å². The van der Waals surface area contributed by atoms with Crippen molar-refractivity contribution in [2.24, 2.45) is 0 Å². The number of carbonyl (C=O) groups excluding carboxylic acids is 2. The van der Waals surface area contributed by atoms with Crippen LogP contribution in [-0.4, -0.2) is 36.3 Å². The van der Waals surface area contributed by atoms with E-state index in [1.54, 1.807) is 4.90 Å². The molecule has 124 valence electrons. The lowest BCUT2D eigenvalue weighted by molar-refractivity contribution is -0.118. The molecule has 1 N–H and O–H groups in total. The van der Waals surface area contributed by atoms with E-state index < -0.39 is 0 Å². The molecule has 1 fully saturated rings. The molecule has 4 rings (SSSR count). The first-order valence-corrected chi connectivity index (χ1v) is 9.07. The van der Waals surface area contributed by atoms with Crippen LogP contribution in [0.4, 0.5) is 17.1 Å². The largest absolute Gasteiger partial charge is 0.320 e. The van der Waals surface area contributed by atoms with Gasteiger partial charge in [0.25, 0.3) is 5.91 Å². The van der Waals surface area contributed by atoms with Gasteiger partial charge in [-0.2, -0.15) is 0 Å². The third-order valence-electron chi connectivity index (χ3n) is 4.61. The molecule has 2 aliphatic heterocycles. The van der Waals surface area contributed by atoms with E-state index in [4.69, 9.17) is 0 Å². The van der Waals surface area contributed by atoms with Gasteiger partial charge in [0, 0.05) is 10.3 Å². The molecular formula is C18H19N3O2S. The number of thiophene rings is 1. The molecule has 0 aliphatic carbocycles. The number of hydrogen-bond acceptors (Lipinski definition) is 4. The lowest BCUT2D eigenvalue weighted by atomic mass is 10.2. The Bertz CT molecular complexity index is 808. The molecule has 6 heteroatoms. The maximum absolute atomic E-state index is 13.1. The Morgan fingerprint density at radius 2 is 2.00 bits per heavy atom. The van der Waals surface area contributed by atoms with Gasteiger partial charge in [-0.15, -0.1) is 11.3 Å². The maximum Gasteiger partial charge on any atom is 0.258 e. The van der Waals surface area contributed by atoms with Gasteiger partial charge in [-0.1, -0.05) is 12.1 Å². The number of nitrogens with one attached hydrogen (secondary N) is 1. The van der Waals surface area contributed by atoms with Crippen LogP contribution in [0.15, 0.2) is 29.6 Å². The molecule has 0 radical (unpaired) electrons. The fourth-order valence-electron chi connectivity index (χ4n) is 3.43. The summed E-state index contributed by atoms with van der Waals surface area (Å²) < 4.78 is 0. The Hall–Kier alpha value is -2.18. The number of rotatable bonds is 2. The van der Waals surface area contributed by atoms with E-state index in [1.165, 1.54) is 11.3 Å². The minimum absolute atomic E-state index is 0.0172. The van der Waals surface area contributed by atoms with Gasteiger partial charge in [-0.3, -0.25) is 19.4 Å². The monoisotopic (exact) mass is 341 g/mol.